The molecular weight excluding hydrogens is 503 g/mol. The van der Waals surface area contributed by atoms with Gasteiger partial charge in [0.15, 0.2) is 0 Å². The van der Waals surface area contributed by atoms with E-state index in [1.807, 2.05) is 18.4 Å². The van der Waals surface area contributed by atoms with E-state index in [0.29, 0.717) is 54.5 Å². The molecule has 0 aliphatic carbocycles. The molecule has 204 valence electrons. The van der Waals surface area contributed by atoms with Gasteiger partial charge in [-0.1, -0.05) is 58.0 Å². The first-order valence-electron chi connectivity index (χ1n) is 13.2. The molecule has 0 aliphatic rings. The van der Waals surface area contributed by atoms with Gasteiger partial charge in [-0.3, -0.25) is 9.36 Å². The molecule has 0 unspecified atom stereocenters. The molecule has 0 saturated heterocycles. The number of carbonyl (C=O) groups is 2. The second kappa shape index (κ2) is 13.6. The van der Waals surface area contributed by atoms with Crippen LogP contribution in [0.4, 0.5) is 4.39 Å². The molecule has 0 spiro atoms. The fourth-order valence-electron chi connectivity index (χ4n) is 4.46. The minimum atomic E-state index is -1.07. The van der Waals surface area contributed by atoms with E-state index in [2.05, 4.69) is 31.5 Å². The fraction of sp³-hybridized carbons (Fsp3) is 0.433. The van der Waals surface area contributed by atoms with Crippen LogP contribution in [-0.2, 0) is 24.2 Å². The van der Waals surface area contributed by atoms with Gasteiger partial charge < -0.3 is 9.84 Å². The number of aromatic carboxylic acids is 1. The maximum Gasteiger partial charge on any atom is 0.336 e. The van der Waals surface area contributed by atoms with Crippen LogP contribution in [0.15, 0.2) is 42.5 Å². The van der Waals surface area contributed by atoms with Crippen molar-refractivity contribution in [3.8, 4) is 17.1 Å². The summed E-state index contributed by atoms with van der Waals surface area (Å²) in [6.45, 7) is 8.79. The van der Waals surface area contributed by atoms with Gasteiger partial charge in [0.2, 0.25) is 0 Å². The van der Waals surface area contributed by atoms with Crippen LogP contribution in [-0.4, -0.2) is 38.3 Å². The Morgan fingerprint density at radius 2 is 1.89 bits per heavy atom. The topological polar surface area (TPSA) is 81.4 Å². The van der Waals surface area contributed by atoms with E-state index in [1.165, 1.54) is 12.1 Å². The Kier molecular flexibility index (Phi) is 10.5. The number of carboxylic acids is 1. The molecule has 0 aliphatic heterocycles. The quantitative estimate of drug-likeness (QED) is 0.224. The number of aromatic nitrogens is 2. The van der Waals surface area contributed by atoms with Crippen LogP contribution < -0.4 is 4.74 Å². The van der Waals surface area contributed by atoms with Crippen molar-refractivity contribution in [2.24, 2.45) is 5.92 Å². The third-order valence-electron chi connectivity index (χ3n) is 6.42. The average molecular weight is 541 g/mol. The Hall–Kier alpha value is -3.13. The number of rotatable bonds is 14. The van der Waals surface area contributed by atoms with Crippen molar-refractivity contribution in [2.75, 3.05) is 6.61 Å². The molecule has 0 fully saturated rings. The smallest absolute Gasteiger partial charge is 0.336 e. The lowest BCUT2D eigenvalue weighted by Gasteiger charge is -2.16. The van der Waals surface area contributed by atoms with Crippen LogP contribution in [0.25, 0.3) is 11.1 Å². The second-order valence-corrected chi connectivity index (χ2v) is 10.5. The highest BCUT2D eigenvalue weighted by atomic mass is 32.1. The molecule has 1 aromatic heterocycles. The fourth-order valence-corrected chi connectivity index (χ4v) is 5.01. The van der Waals surface area contributed by atoms with E-state index < -0.39 is 11.8 Å². The van der Waals surface area contributed by atoms with Crippen molar-refractivity contribution < 1.29 is 23.8 Å². The molecule has 0 amide bonds. The molecular formula is C30H37FN2O4S. The Bertz CT molecular complexity index is 1270. The van der Waals surface area contributed by atoms with Gasteiger partial charge in [-0.15, -0.1) is 0 Å². The zero-order chi connectivity index (χ0) is 27.8. The zero-order valence-corrected chi connectivity index (χ0v) is 23.4. The molecule has 1 atom stereocenters. The number of hydrogen-bond donors (Lipinski definition) is 2. The number of aryl methyl sites for hydroxylation is 1. The molecule has 0 bridgehead atoms. The van der Waals surface area contributed by atoms with Crippen molar-refractivity contribution in [1.82, 2.24) is 9.55 Å². The van der Waals surface area contributed by atoms with Crippen molar-refractivity contribution in [2.45, 2.75) is 71.6 Å². The lowest BCUT2D eigenvalue weighted by molar-refractivity contribution is -0.118. The van der Waals surface area contributed by atoms with Crippen LogP contribution in [0.2, 0.25) is 0 Å². The molecule has 0 saturated carbocycles. The third kappa shape index (κ3) is 7.25. The number of imidazole rings is 1. The van der Waals surface area contributed by atoms with Crippen molar-refractivity contribution in [3.05, 3.63) is 70.8 Å². The van der Waals surface area contributed by atoms with Gasteiger partial charge in [0.05, 0.1) is 29.7 Å². The largest absolute Gasteiger partial charge is 0.478 e. The molecule has 3 aromatic rings. The monoisotopic (exact) mass is 540 g/mol. The minimum Gasteiger partial charge on any atom is -0.478 e. The van der Waals surface area contributed by atoms with Gasteiger partial charge in [0.1, 0.15) is 11.6 Å². The van der Waals surface area contributed by atoms with Crippen LogP contribution in [0, 0.1) is 11.7 Å². The number of Topliss-reactive ketones (excluding diaryl/α,β-unsaturated/α-hetero) is 1. The van der Waals surface area contributed by atoms with E-state index in [1.54, 1.807) is 30.3 Å². The maximum absolute atomic E-state index is 15.4. The summed E-state index contributed by atoms with van der Waals surface area (Å²) in [6, 6.07) is 11.7. The highest BCUT2D eigenvalue weighted by Crippen LogP contribution is 2.28. The summed E-state index contributed by atoms with van der Waals surface area (Å²) >= 11 is 4.51. The second-order valence-electron chi connectivity index (χ2n) is 9.84. The van der Waals surface area contributed by atoms with E-state index in [-0.39, 0.29) is 23.1 Å². The summed E-state index contributed by atoms with van der Waals surface area (Å²) in [6.07, 6.45) is 2.95. The molecule has 8 heteroatoms. The highest BCUT2D eigenvalue weighted by Gasteiger charge is 2.22. The maximum atomic E-state index is 15.4. The molecule has 0 radical (unpaired) electrons. The predicted molar refractivity (Wildman–Crippen MR) is 151 cm³/mol. The van der Waals surface area contributed by atoms with Crippen LogP contribution >= 0.6 is 12.6 Å². The number of hydrogen-bond acceptors (Lipinski definition) is 5. The number of thiol groups is 1. The van der Waals surface area contributed by atoms with Gasteiger partial charge in [0, 0.05) is 17.7 Å². The van der Waals surface area contributed by atoms with Gasteiger partial charge in [-0.05, 0) is 54.9 Å². The van der Waals surface area contributed by atoms with E-state index in [9.17, 15) is 14.7 Å². The number of ether oxygens (including phenoxy) is 1. The van der Waals surface area contributed by atoms with Gasteiger partial charge in [0.25, 0.3) is 6.01 Å². The van der Waals surface area contributed by atoms with Crippen LogP contribution in [0.1, 0.15) is 74.3 Å². The summed E-state index contributed by atoms with van der Waals surface area (Å²) in [7, 11) is 0. The van der Waals surface area contributed by atoms with E-state index in [0.717, 1.165) is 24.2 Å². The molecule has 1 heterocycles. The third-order valence-corrected chi connectivity index (χ3v) is 6.91. The molecule has 2 aromatic carbocycles. The summed E-state index contributed by atoms with van der Waals surface area (Å²) in [5, 5.41) is 9.21. The first kappa shape index (κ1) is 29.4. The summed E-state index contributed by atoms with van der Waals surface area (Å²) in [4.78, 5) is 29.1. The standard InChI is InChI=1S/C30H37FN2O4S/c1-5-15-37-30-32-25(6-2)26(13-14-27(34)28(38)16-19(3)4)33(30)18-21-12-11-20(17-24(21)31)22-9-7-8-10-23(22)29(35)36/h7-12,17,19,28,38H,5-6,13-16,18H2,1-4H3,(H,35,36)/t28-/m0/s1. The summed E-state index contributed by atoms with van der Waals surface area (Å²) in [5.41, 5.74) is 3.16. The Balaban J connectivity index is 1.94. The molecule has 3 rings (SSSR count). The van der Waals surface area contributed by atoms with Crippen LogP contribution in [0.5, 0.6) is 6.01 Å². The van der Waals surface area contributed by atoms with E-state index in [4.69, 9.17) is 4.74 Å². The molecule has 6 nitrogen and oxygen atoms in total. The Labute approximate surface area is 229 Å². The van der Waals surface area contributed by atoms with Crippen molar-refractivity contribution in [3.63, 3.8) is 0 Å². The predicted octanol–water partition coefficient (Wildman–Crippen LogP) is 6.63. The SMILES string of the molecule is CCCOc1nc(CC)c(CCC(=O)[C@@H](S)CC(C)C)n1Cc1ccc(-c2ccccc2C(=O)O)cc1F. The first-order valence-corrected chi connectivity index (χ1v) is 13.7. The Morgan fingerprint density at radius 1 is 1.16 bits per heavy atom. The zero-order valence-electron chi connectivity index (χ0n) is 22.5. The number of halogens is 1. The average Bonchev–Trinajstić information content (AvgIpc) is 3.22. The minimum absolute atomic E-state index is 0.0838. The van der Waals surface area contributed by atoms with Gasteiger partial charge >= 0.3 is 5.97 Å². The van der Waals surface area contributed by atoms with Crippen LogP contribution in [0.3, 0.4) is 0 Å². The van der Waals surface area contributed by atoms with Crippen molar-refractivity contribution in [1.29, 1.82) is 0 Å². The Morgan fingerprint density at radius 3 is 2.53 bits per heavy atom. The van der Waals surface area contributed by atoms with E-state index >= 15 is 4.39 Å². The van der Waals surface area contributed by atoms with Crippen molar-refractivity contribution >= 4 is 24.4 Å². The van der Waals surface area contributed by atoms with Gasteiger partial charge in [-0.25, -0.2) is 14.2 Å². The number of nitrogens with zero attached hydrogens (tertiary/aromatic N) is 2. The summed E-state index contributed by atoms with van der Waals surface area (Å²) < 4.78 is 23.2. The number of carboxylic acid groups (broad SMARTS) is 1. The highest BCUT2D eigenvalue weighted by molar-refractivity contribution is 7.81. The first-order chi connectivity index (χ1) is 18.2. The number of carbonyl (C=O) groups excluding carboxylic acids is 1. The van der Waals surface area contributed by atoms with Gasteiger partial charge in [-0.2, -0.15) is 12.6 Å². The number of benzene rings is 2. The lowest BCUT2D eigenvalue weighted by Crippen LogP contribution is -2.19. The molecule has 38 heavy (non-hydrogen) atoms. The normalized spacial score (nSPS) is 12.1. The molecule has 1 N–H and O–H groups in total. The summed E-state index contributed by atoms with van der Waals surface area (Å²) in [5.74, 6) is -1.06. The lowest BCUT2D eigenvalue weighted by atomic mass is 9.98. The number of ketones is 1.